The largest absolute Gasteiger partial charge is 0.461 e. The second-order valence-corrected chi connectivity index (χ2v) is 5.98. The second kappa shape index (κ2) is 6.43. The molecule has 5 nitrogen and oxygen atoms in total. The van der Waals surface area contributed by atoms with Gasteiger partial charge in [-0.2, -0.15) is 5.10 Å². The van der Waals surface area contributed by atoms with E-state index in [2.05, 4.69) is 41.9 Å². The summed E-state index contributed by atoms with van der Waals surface area (Å²) in [5, 5.41) is 4.64. The number of nitrogens with zero attached hydrogens (tertiary/aromatic N) is 3. The van der Waals surface area contributed by atoms with E-state index in [1.54, 1.807) is 13.0 Å². The van der Waals surface area contributed by atoms with Crippen LogP contribution in [-0.2, 0) is 4.74 Å². The van der Waals surface area contributed by atoms with Gasteiger partial charge in [0.1, 0.15) is 9.76 Å². The number of hydrogen-bond acceptors (Lipinski definition) is 4. The quantitative estimate of drug-likeness (QED) is 0.525. The van der Waals surface area contributed by atoms with E-state index in [1.807, 2.05) is 0 Å². The highest BCUT2D eigenvalue weighted by Gasteiger charge is 2.20. The summed E-state index contributed by atoms with van der Waals surface area (Å²) in [6.07, 6.45) is 0. The van der Waals surface area contributed by atoms with E-state index in [1.165, 1.54) is 10.7 Å². The van der Waals surface area contributed by atoms with Gasteiger partial charge in [0.05, 0.1) is 16.1 Å². The third-order valence-corrected chi connectivity index (χ3v) is 4.02. The summed E-state index contributed by atoms with van der Waals surface area (Å²) < 4.78 is 7.25. The molecule has 0 atom stereocenters. The minimum absolute atomic E-state index is 0.200. The zero-order chi connectivity index (χ0) is 14.9. The lowest BCUT2D eigenvalue weighted by Crippen LogP contribution is -2.13. The Labute approximate surface area is 141 Å². The number of rotatable bonds is 3. The first-order chi connectivity index (χ1) is 9.43. The smallest absolute Gasteiger partial charge is 0.357 e. The number of carbonyl (C=O) groups is 1. The Balaban J connectivity index is 2.58. The van der Waals surface area contributed by atoms with E-state index >= 15 is 0 Å². The van der Waals surface area contributed by atoms with E-state index in [4.69, 9.17) is 27.9 Å². The van der Waals surface area contributed by atoms with Crippen molar-refractivity contribution in [2.75, 3.05) is 6.61 Å². The van der Waals surface area contributed by atoms with Crippen LogP contribution < -0.4 is 0 Å². The van der Waals surface area contributed by atoms with Crippen molar-refractivity contribution in [1.29, 1.82) is 0 Å². The molecule has 0 bridgehead atoms. The molecule has 2 aromatic heterocycles. The minimum atomic E-state index is -0.525. The predicted octanol–water partition coefficient (Wildman–Crippen LogP) is 4.28. The topological polar surface area (TPSA) is 57.0 Å². The molecule has 0 aromatic carbocycles. The summed E-state index contributed by atoms with van der Waals surface area (Å²) in [6, 6.07) is 3.10. The third kappa shape index (κ3) is 3.16. The zero-order valence-corrected chi connectivity index (χ0v) is 14.7. The Hall–Kier alpha value is -0.630. The molecule has 2 rings (SSSR count). The van der Waals surface area contributed by atoms with Gasteiger partial charge in [0.15, 0.2) is 11.5 Å². The zero-order valence-electron chi connectivity index (χ0n) is 10.0. The fraction of sp³-hybridized carbons (Fsp3) is 0.182. The second-order valence-electron chi connectivity index (χ2n) is 3.55. The van der Waals surface area contributed by atoms with Crippen LogP contribution >= 0.6 is 55.1 Å². The van der Waals surface area contributed by atoms with Crippen molar-refractivity contribution in [3.05, 3.63) is 37.1 Å². The number of carbonyl (C=O) groups excluding carboxylic acids is 1. The van der Waals surface area contributed by atoms with Crippen molar-refractivity contribution in [1.82, 2.24) is 14.8 Å². The summed E-state index contributed by atoms with van der Waals surface area (Å²) >= 11 is 18.5. The van der Waals surface area contributed by atoms with Gasteiger partial charge in [-0.25, -0.2) is 14.5 Å². The molecule has 9 heteroatoms. The lowest BCUT2D eigenvalue weighted by molar-refractivity contribution is 0.0515. The highest BCUT2D eigenvalue weighted by atomic mass is 79.9. The van der Waals surface area contributed by atoms with Crippen molar-refractivity contribution < 1.29 is 9.53 Å². The predicted molar refractivity (Wildman–Crippen MR) is 82.7 cm³/mol. The van der Waals surface area contributed by atoms with Crippen LogP contribution in [0, 0.1) is 0 Å². The first-order valence-electron chi connectivity index (χ1n) is 5.38. The molecule has 0 fully saturated rings. The first kappa shape index (κ1) is 15.8. The standard InChI is InChI=1S/C11H7Br2Cl2N3O2/c1-2-20-11(19)7-4-8(13)17-18(7)10-6(14)3-5(12)9(15)16-10/h3-4H,2H2,1H3. The maximum Gasteiger partial charge on any atom is 0.357 e. The molecule has 0 spiro atoms. The Kier molecular flexibility index (Phi) is 5.06. The van der Waals surface area contributed by atoms with Gasteiger partial charge in [-0.15, -0.1) is 0 Å². The molecule has 0 radical (unpaired) electrons. The molecular weight excluding hydrogens is 437 g/mol. The molecule has 0 aliphatic heterocycles. The van der Waals surface area contributed by atoms with Crippen LogP contribution in [0.2, 0.25) is 10.2 Å². The monoisotopic (exact) mass is 441 g/mol. The van der Waals surface area contributed by atoms with E-state index in [9.17, 15) is 4.79 Å². The van der Waals surface area contributed by atoms with Crippen LogP contribution in [0.25, 0.3) is 5.82 Å². The summed E-state index contributed by atoms with van der Waals surface area (Å²) in [7, 11) is 0. The minimum Gasteiger partial charge on any atom is -0.461 e. The number of hydrogen-bond donors (Lipinski definition) is 0. The van der Waals surface area contributed by atoms with Crippen LogP contribution in [0.4, 0.5) is 0 Å². The molecule has 0 aliphatic carbocycles. The fourth-order valence-electron chi connectivity index (χ4n) is 1.45. The van der Waals surface area contributed by atoms with E-state index in [0.717, 1.165) is 0 Å². The van der Waals surface area contributed by atoms with Crippen LogP contribution in [0.3, 0.4) is 0 Å². The molecule has 2 aromatic rings. The first-order valence-corrected chi connectivity index (χ1v) is 7.72. The molecule has 0 N–H and O–H groups in total. The van der Waals surface area contributed by atoms with E-state index in [-0.39, 0.29) is 23.3 Å². The number of pyridine rings is 1. The maximum absolute atomic E-state index is 11.9. The maximum atomic E-state index is 11.9. The van der Waals surface area contributed by atoms with Gasteiger partial charge in [-0.1, -0.05) is 23.2 Å². The van der Waals surface area contributed by atoms with Crippen LogP contribution in [0.15, 0.2) is 21.2 Å². The lowest BCUT2D eigenvalue weighted by Gasteiger charge is -2.08. The summed E-state index contributed by atoms with van der Waals surface area (Å²) in [6.45, 7) is 1.97. The SMILES string of the molecule is CCOC(=O)c1cc(Br)nn1-c1nc(Cl)c(Br)cc1Cl. The summed E-state index contributed by atoms with van der Waals surface area (Å²) in [4.78, 5) is 16.0. The highest BCUT2D eigenvalue weighted by Crippen LogP contribution is 2.29. The molecule has 0 saturated carbocycles. The number of ether oxygens (including phenoxy) is 1. The third-order valence-electron chi connectivity index (χ3n) is 2.23. The number of halogens is 4. The average molecular weight is 444 g/mol. The van der Waals surface area contributed by atoms with E-state index in [0.29, 0.717) is 14.1 Å². The summed E-state index contributed by atoms with van der Waals surface area (Å²) in [5.41, 5.74) is 0.200. The molecule has 0 unspecified atom stereocenters. The lowest BCUT2D eigenvalue weighted by atomic mass is 10.4. The Morgan fingerprint density at radius 1 is 1.40 bits per heavy atom. The van der Waals surface area contributed by atoms with Crippen molar-refractivity contribution in [3.8, 4) is 5.82 Å². The Morgan fingerprint density at radius 3 is 2.75 bits per heavy atom. The molecule has 20 heavy (non-hydrogen) atoms. The van der Waals surface area contributed by atoms with Crippen LogP contribution in [0.5, 0.6) is 0 Å². The number of aromatic nitrogens is 3. The molecular formula is C11H7Br2Cl2N3O2. The van der Waals surface area contributed by atoms with Gasteiger partial charge in [0, 0.05) is 6.07 Å². The van der Waals surface area contributed by atoms with Crippen LogP contribution in [-0.4, -0.2) is 27.3 Å². The Morgan fingerprint density at radius 2 is 2.10 bits per heavy atom. The van der Waals surface area contributed by atoms with Gasteiger partial charge in [0.2, 0.25) is 0 Å². The van der Waals surface area contributed by atoms with Gasteiger partial charge in [-0.3, -0.25) is 0 Å². The van der Waals surface area contributed by atoms with Crippen molar-refractivity contribution >= 4 is 61.0 Å². The fourth-order valence-corrected chi connectivity index (χ4v) is 2.64. The van der Waals surface area contributed by atoms with Gasteiger partial charge >= 0.3 is 5.97 Å². The van der Waals surface area contributed by atoms with Crippen LogP contribution in [0.1, 0.15) is 17.4 Å². The average Bonchev–Trinajstić information content (AvgIpc) is 2.76. The molecule has 0 aliphatic rings. The van der Waals surface area contributed by atoms with Gasteiger partial charge in [0.25, 0.3) is 0 Å². The van der Waals surface area contributed by atoms with Crippen molar-refractivity contribution in [2.24, 2.45) is 0 Å². The van der Waals surface area contributed by atoms with Gasteiger partial charge < -0.3 is 4.74 Å². The normalized spacial score (nSPS) is 10.7. The molecule has 0 saturated heterocycles. The van der Waals surface area contributed by atoms with E-state index < -0.39 is 5.97 Å². The Bertz CT molecular complexity index is 676. The van der Waals surface area contributed by atoms with Crippen molar-refractivity contribution in [2.45, 2.75) is 6.92 Å². The highest BCUT2D eigenvalue weighted by molar-refractivity contribution is 9.10. The molecule has 0 amide bonds. The molecule has 106 valence electrons. The number of esters is 1. The van der Waals surface area contributed by atoms with Crippen molar-refractivity contribution in [3.63, 3.8) is 0 Å². The van der Waals surface area contributed by atoms with Gasteiger partial charge in [-0.05, 0) is 44.8 Å². The molecule has 2 heterocycles. The summed E-state index contributed by atoms with van der Waals surface area (Å²) in [5.74, 6) is -0.281.